The van der Waals surface area contributed by atoms with E-state index in [-0.39, 0.29) is 36.5 Å². The van der Waals surface area contributed by atoms with Crippen molar-refractivity contribution in [2.24, 2.45) is 0 Å². The van der Waals surface area contributed by atoms with Gasteiger partial charge in [0, 0.05) is 36.5 Å². The van der Waals surface area contributed by atoms with E-state index in [1.165, 1.54) is 0 Å². The first kappa shape index (κ1) is 15.9. The van der Waals surface area contributed by atoms with Gasteiger partial charge in [0.05, 0.1) is 23.7 Å². The van der Waals surface area contributed by atoms with Crippen molar-refractivity contribution >= 4 is 23.7 Å². The second-order valence-electron chi connectivity index (χ2n) is 0.0583. The molecule has 0 unspecified atom stereocenters. The van der Waals surface area contributed by atoms with Crippen LogP contribution in [0.2, 0.25) is 0 Å². The second kappa shape index (κ2) is 17.3. The Balaban J connectivity index is -0.0000000200. The third-order valence-corrected chi connectivity index (χ3v) is 0. The number of rotatable bonds is 0. The predicted molar refractivity (Wildman–Crippen MR) is 12.8 cm³/mol. The molecule has 5 heavy (non-hydrogen) atoms. The third kappa shape index (κ3) is 27.2. The van der Waals surface area contributed by atoms with Crippen LogP contribution in [0, 0.1) is 0 Å². The molecule has 0 saturated carbocycles. The van der Waals surface area contributed by atoms with E-state index in [1.54, 1.807) is 0 Å². The molecule has 0 aliphatic rings. The van der Waals surface area contributed by atoms with Crippen LogP contribution in [0.15, 0.2) is 0 Å². The summed E-state index contributed by atoms with van der Waals surface area (Å²) < 4.78 is 3.19. The van der Waals surface area contributed by atoms with E-state index in [4.69, 9.17) is 0 Å². The second-order valence-corrected chi connectivity index (χ2v) is 0.525. The van der Waals surface area contributed by atoms with Crippen LogP contribution in [-0.4, -0.2) is 0 Å². The van der Waals surface area contributed by atoms with Crippen molar-refractivity contribution in [3.05, 3.63) is 0 Å². The van der Waals surface area contributed by atoms with Crippen LogP contribution in [0.3, 0.4) is 0 Å². The van der Waals surface area contributed by atoms with Gasteiger partial charge in [0.25, 0.3) is 0 Å². The molecule has 5 heteroatoms. The Labute approximate surface area is 63.9 Å². The summed E-state index contributed by atoms with van der Waals surface area (Å²) in [5.74, 6) is 0. The Morgan fingerprint density at radius 3 is 1.20 bits per heavy atom. The Morgan fingerprint density at radius 2 is 1.20 bits per heavy atom. The first-order chi connectivity index (χ1) is 1.41. The molecule has 0 aliphatic carbocycles. The van der Waals surface area contributed by atoms with E-state index in [2.05, 4.69) is 27.6 Å². The van der Waals surface area contributed by atoms with Gasteiger partial charge in [0.15, 0.2) is 0 Å². The maximum atomic E-state index is 4.26. The van der Waals surface area contributed by atoms with E-state index >= 15 is 0 Å². The molecule has 0 aromatic rings. The van der Waals surface area contributed by atoms with Crippen LogP contribution in [-0.2, 0) is 40.4 Å². The van der Waals surface area contributed by atoms with Crippen molar-refractivity contribution in [3.63, 3.8) is 0 Å². The quantitative estimate of drug-likeness (QED) is 0.554. The summed E-state index contributed by atoms with van der Waals surface area (Å²) in [5.41, 5.74) is 0. The number of hydrogen-bond acceptors (Lipinski definition) is 1. The van der Waals surface area contributed by atoms with Crippen molar-refractivity contribution in [1.29, 1.82) is 0 Å². The standard InChI is InChI=1S/Cl2O.Cu.Zn/c1-3-2;;. The molecule has 0 fully saturated rings. The molecule has 0 saturated heterocycles. The largest absolute Gasteiger partial charge is 0.166 e. The maximum Gasteiger partial charge on any atom is 0.0832 e. The molecular weight excluding hydrogens is 216 g/mol. The number of halogens is 2. The van der Waals surface area contributed by atoms with Gasteiger partial charge in [-0.15, -0.1) is 0 Å². The Hall–Kier alpha value is 1.68. The SMILES string of the molecule is ClOCl.[Cu].[Zn]. The molecule has 33 valence electrons. The molecule has 0 aliphatic heterocycles. The summed E-state index contributed by atoms with van der Waals surface area (Å²) in [6, 6.07) is 0. The molecule has 0 rings (SSSR count). The molecule has 0 aromatic carbocycles. The summed E-state index contributed by atoms with van der Waals surface area (Å²) in [7, 11) is 0. The first-order valence-electron chi connectivity index (χ1n) is 0.309. The van der Waals surface area contributed by atoms with Gasteiger partial charge < -0.3 is 0 Å². The molecule has 1 nitrogen and oxygen atoms in total. The van der Waals surface area contributed by atoms with E-state index < -0.39 is 0 Å². The number of hydrogen-bond donors (Lipinski definition) is 0. The summed E-state index contributed by atoms with van der Waals surface area (Å²) in [6.45, 7) is 0. The van der Waals surface area contributed by atoms with Crippen LogP contribution in [0.5, 0.6) is 0 Å². The zero-order valence-electron chi connectivity index (χ0n) is 2.17. The molecule has 0 amide bonds. The molecule has 0 atom stereocenters. The van der Waals surface area contributed by atoms with Crippen LogP contribution in [0.4, 0.5) is 0 Å². The average molecular weight is 216 g/mol. The Morgan fingerprint density at radius 1 is 1.20 bits per heavy atom. The minimum atomic E-state index is 0. The van der Waals surface area contributed by atoms with E-state index in [0.717, 1.165) is 0 Å². The zero-order valence-corrected chi connectivity index (χ0v) is 7.59. The van der Waals surface area contributed by atoms with Crippen molar-refractivity contribution in [3.8, 4) is 0 Å². The van der Waals surface area contributed by atoms with Crippen LogP contribution in [0.1, 0.15) is 0 Å². The maximum absolute atomic E-state index is 4.26. The predicted octanol–water partition coefficient (Wildman–Crippen LogP) is 1.31. The zero-order chi connectivity index (χ0) is 2.71. The van der Waals surface area contributed by atoms with Crippen molar-refractivity contribution in [2.75, 3.05) is 0 Å². The third-order valence-electron chi connectivity index (χ3n) is 0. The van der Waals surface area contributed by atoms with Crippen LogP contribution < -0.4 is 0 Å². The van der Waals surface area contributed by atoms with Crippen molar-refractivity contribution < 1.29 is 40.4 Å². The van der Waals surface area contributed by atoms with Gasteiger partial charge in [-0.05, 0) is 0 Å². The van der Waals surface area contributed by atoms with Crippen molar-refractivity contribution in [1.82, 2.24) is 0 Å². The monoisotopic (exact) mass is 213 g/mol. The van der Waals surface area contributed by atoms with Crippen LogP contribution >= 0.6 is 23.7 Å². The normalized spacial score (nSPS) is 3.60. The molecule has 0 heterocycles. The minimum absolute atomic E-state index is 0. The smallest absolute Gasteiger partial charge is 0.0832 e. The topological polar surface area (TPSA) is 9.23 Å². The average Bonchev–Trinajstić information content (AvgIpc) is 0.918. The van der Waals surface area contributed by atoms with Gasteiger partial charge in [0.1, 0.15) is 0 Å². The molecule has 0 aromatic heterocycles. The fraction of sp³-hybridized carbons (Fsp3) is 0. The molecule has 1 radical (unpaired) electrons. The van der Waals surface area contributed by atoms with Gasteiger partial charge in [-0.3, -0.25) is 0 Å². The van der Waals surface area contributed by atoms with E-state index in [0.29, 0.717) is 0 Å². The molecule has 0 N–H and O–H groups in total. The van der Waals surface area contributed by atoms with Gasteiger partial charge >= 0.3 is 0 Å². The van der Waals surface area contributed by atoms with Crippen LogP contribution in [0.25, 0.3) is 0 Å². The minimum Gasteiger partial charge on any atom is -0.166 e. The summed E-state index contributed by atoms with van der Waals surface area (Å²) in [4.78, 5) is 0. The Bertz CT molecular complexity index is 9.61. The molecule has 0 bridgehead atoms. The summed E-state index contributed by atoms with van der Waals surface area (Å²) in [5, 5.41) is 0. The van der Waals surface area contributed by atoms with Gasteiger partial charge in [-0.25, -0.2) is 0 Å². The van der Waals surface area contributed by atoms with Gasteiger partial charge in [-0.1, -0.05) is 0 Å². The fourth-order valence-electron chi connectivity index (χ4n) is 0. The summed E-state index contributed by atoms with van der Waals surface area (Å²) >= 11 is 8.53. The first-order valence-corrected chi connectivity index (χ1v) is 0.926. The van der Waals surface area contributed by atoms with E-state index in [9.17, 15) is 0 Å². The molecular formula is Cl2CuOZn. The van der Waals surface area contributed by atoms with Gasteiger partial charge in [-0.2, -0.15) is 3.84 Å². The molecule has 0 spiro atoms. The van der Waals surface area contributed by atoms with Gasteiger partial charge in [0.2, 0.25) is 0 Å². The Kier molecular flexibility index (Phi) is 55.1. The van der Waals surface area contributed by atoms with E-state index in [1.807, 2.05) is 0 Å². The summed E-state index contributed by atoms with van der Waals surface area (Å²) in [6.07, 6.45) is 0. The van der Waals surface area contributed by atoms with Crippen molar-refractivity contribution in [2.45, 2.75) is 0 Å². The fourth-order valence-corrected chi connectivity index (χ4v) is 0.